The van der Waals surface area contributed by atoms with Crippen molar-refractivity contribution in [3.05, 3.63) is 33.9 Å². The number of nitrogens with zero attached hydrogens (tertiary/aromatic N) is 6. The molecule has 0 aliphatic carbocycles. The largest absolute Gasteiger partial charge is 0.320 e. The second-order valence-corrected chi connectivity index (χ2v) is 4.86. The number of rotatable bonds is 5. The number of anilines is 1. The van der Waals surface area contributed by atoms with Gasteiger partial charge in [-0.2, -0.15) is 15.5 Å². The highest BCUT2D eigenvalue weighted by molar-refractivity contribution is 5.94. The van der Waals surface area contributed by atoms with Crippen molar-refractivity contribution in [2.45, 2.75) is 33.4 Å². The van der Waals surface area contributed by atoms with Gasteiger partial charge in [0.25, 0.3) is 0 Å². The zero-order valence-corrected chi connectivity index (χ0v) is 12.8. The molecule has 10 nitrogen and oxygen atoms in total. The standard InChI is InChI=1S/C13H15N7O3/c1-4-18-6-11(10(5-14)17-18)15-13(21)9(3)19-7-12(20(22)23)8(2)16-19/h6-7,9H,4H2,1-3H3,(H,15,21). The molecule has 0 fully saturated rings. The molecule has 23 heavy (non-hydrogen) atoms. The van der Waals surface area contributed by atoms with Crippen molar-refractivity contribution in [3.8, 4) is 6.07 Å². The Hall–Kier alpha value is -3.22. The number of nitro groups is 1. The molecule has 2 rings (SSSR count). The number of aryl methyl sites for hydroxylation is 2. The van der Waals surface area contributed by atoms with Crippen LogP contribution in [0.3, 0.4) is 0 Å². The van der Waals surface area contributed by atoms with Crippen LogP contribution in [-0.2, 0) is 11.3 Å². The number of hydrogen-bond donors (Lipinski definition) is 1. The number of carbonyl (C=O) groups is 1. The number of nitrogens with one attached hydrogen (secondary N) is 1. The second-order valence-electron chi connectivity index (χ2n) is 4.86. The molecular formula is C13H15N7O3. The first-order chi connectivity index (χ1) is 10.9. The molecule has 0 aliphatic rings. The predicted octanol–water partition coefficient (Wildman–Crippen LogP) is 1.39. The van der Waals surface area contributed by atoms with Gasteiger partial charge in [0, 0.05) is 12.7 Å². The first-order valence-corrected chi connectivity index (χ1v) is 6.86. The van der Waals surface area contributed by atoms with E-state index in [2.05, 4.69) is 15.5 Å². The zero-order chi connectivity index (χ0) is 17.1. The van der Waals surface area contributed by atoms with E-state index < -0.39 is 16.9 Å². The molecule has 10 heteroatoms. The Labute approximate surface area is 131 Å². The fourth-order valence-electron chi connectivity index (χ4n) is 1.96. The fraction of sp³-hybridized carbons (Fsp3) is 0.385. The highest BCUT2D eigenvalue weighted by atomic mass is 16.6. The van der Waals surface area contributed by atoms with Gasteiger partial charge in [0.15, 0.2) is 5.69 Å². The maximum absolute atomic E-state index is 12.3. The lowest BCUT2D eigenvalue weighted by molar-refractivity contribution is -0.385. The number of aromatic nitrogens is 4. The van der Waals surface area contributed by atoms with Crippen LogP contribution < -0.4 is 5.32 Å². The Kier molecular flexibility index (Phi) is 4.40. The van der Waals surface area contributed by atoms with Crippen LogP contribution in [0.5, 0.6) is 0 Å². The van der Waals surface area contributed by atoms with Gasteiger partial charge in [-0.05, 0) is 20.8 Å². The summed E-state index contributed by atoms with van der Waals surface area (Å²) in [4.78, 5) is 22.6. The number of nitriles is 1. The smallest absolute Gasteiger partial charge is 0.309 e. The van der Waals surface area contributed by atoms with Crippen molar-refractivity contribution < 1.29 is 9.72 Å². The molecule has 1 atom stereocenters. The first kappa shape index (κ1) is 16.2. The Balaban J connectivity index is 2.21. The van der Waals surface area contributed by atoms with Crippen LogP contribution in [0.2, 0.25) is 0 Å². The van der Waals surface area contributed by atoms with E-state index in [-0.39, 0.29) is 17.1 Å². The SMILES string of the molecule is CCn1cc(NC(=O)C(C)n2cc([N+](=O)[O-])c(C)n2)c(C#N)n1. The van der Waals surface area contributed by atoms with Gasteiger partial charge in [-0.15, -0.1) is 0 Å². The predicted molar refractivity (Wildman–Crippen MR) is 79.6 cm³/mol. The summed E-state index contributed by atoms with van der Waals surface area (Å²) >= 11 is 0. The lowest BCUT2D eigenvalue weighted by Gasteiger charge is -2.11. The highest BCUT2D eigenvalue weighted by Crippen LogP contribution is 2.20. The van der Waals surface area contributed by atoms with Crippen molar-refractivity contribution >= 4 is 17.3 Å². The molecule has 2 aromatic rings. The summed E-state index contributed by atoms with van der Waals surface area (Å²) in [6.07, 6.45) is 2.76. The van der Waals surface area contributed by atoms with E-state index in [0.29, 0.717) is 12.2 Å². The van der Waals surface area contributed by atoms with Gasteiger partial charge in [-0.25, -0.2) is 0 Å². The Bertz CT molecular complexity index is 799. The molecule has 0 aromatic carbocycles. The monoisotopic (exact) mass is 317 g/mol. The number of amides is 1. The Morgan fingerprint density at radius 1 is 1.52 bits per heavy atom. The minimum Gasteiger partial charge on any atom is -0.320 e. The molecule has 1 unspecified atom stereocenters. The van der Waals surface area contributed by atoms with Crippen LogP contribution in [0, 0.1) is 28.4 Å². The van der Waals surface area contributed by atoms with Gasteiger partial charge in [-0.1, -0.05) is 0 Å². The van der Waals surface area contributed by atoms with E-state index in [0.717, 1.165) is 0 Å². The van der Waals surface area contributed by atoms with E-state index in [4.69, 9.17) is 5.26 Å². The van der Waals surface area contributed by atoms with E-state index in [1.165, 1.54) is 22.5 Å². The number of hydrogen-bond acceptors (Lipinski definition) is 6. The van der Waals surface area contributed by atoms with Gasteiger partial charge >= 0.3 is 5.69 Å². The summed E-state index contributed by atoms with van der Waals surface area (Å²) < 4.78 is 2.75. The third-order valence-corrected chi connectivity index (χ3v) is 3.31. The molecule has 0 spiro atoms. The van der Waals surface area contributed by atoms with E-state index in [1.54, 1.807) is 13.1 Å². The van der Waals surface area contributed by atoms with E-state index in [1.807, 2.05) is 13.0 Å². The summed E-state index contributed by atoms with van der Waals surface area (Å²) in [5.41, 5.74) is 0.479. The highest BCUT2D eigenvalue weighted by Gasteiger charge is 2.23. The van der Waals surface area contributed by atoms with Gasteiger partial charge in [0.1, 0.15) is 24.0 Å². The van der Waals surface area contributed by atoms with Crippen LogP contribution in [0.25, 0.3) is 0 Å². The maximum atomic E-state index is 12.3. The van der Waals surface area contributed by atoms with Crippen molar-refractivity contribution in [2.24, 2.45) is 0 Å². The van der Waals surface area contributed by atoms with Gasteiger partial charge < -0.3 is 5.32 Å². The summed E-state index contributed by atoms with van der Waals surface area (Å²) in [5, 5.41) is 30.5. The molecular weight excluding hydrogens is 302 g/mol. The quantitative estimate of drug-likeness (QED) is 0.654. The third kappa shape index (κ3) is 3.18. The average molecular weight is 317 g/mol. The van der Waals surface area contributed by atoms with Crippen LogP contribution in [-0.4, -0.2) is 30.4 Å². The van der Waals surface area contributed by atoms with Crippen molar-refractivity contribution in [1.82, 2.24) is 19.6 Å². The van der Waals surface area contributed by atoms with E-state index >= 15 is 0 Å². The second kappa shape index (κ2) is 6.27. The molecule has 0 radical (unpaired) electrons. The van der Waals surface area contributed by atoms with Crippen LogP contribution in [0.15, 0.2) is 12.4 Å². The minimum absolute atomic E-state index is 0.107. The van der Waals surface area contributed by atoms with E-state index in [9.17, 15) is 14.9 Å². The normalized spacial score (nSPS) is 11.7. The van der Waals surface area contributed by atoms with Gasteiger partial charge in [-0.3, -0.25) is 24.3 Å². The fourth-order valence-corrected chi connectivity index (χ4v) is 1.96. The topological polar surface area (TPSA) is 132 Å². The van der Waals surface area contributed by atoms with Gasteiger partial charge in [0.05, 0.1) is 10.6 Å². The zero-order valence-electron chi connectivity index (χ0n) is 12.8. The van der Waals surface area contributed by atoms with Crippen molar-refractivity contribution in [2.75, 3.05) is 5.32 Å². The Morgan fingerprint density at radius 3 is 2.74 bits per heavy atom. The molecule has 2 heterocycles. The molecule has 0 saturated carbocycles. The molecule has 0 aliphatic heterocycles. The average Bonchev–Trinajstić information content (AvgIpc) is 3.09. The minimum atomic E-state index is -0.779. The van der Waals surface area contributed by atoms with Gasteiger partial charge in [0.2, 0.25) is 5.91 Å². The molecule has 1 amide bonds. The lowest BCUT2D eigenvalue weighted by Crippen LogP contribution is -2.24. The van der Waals surface area contributed by atoms with Crippen LogP contribution in [0.4, 0.5) is 11.4 Å². The molecule has 0 saturated heterocycles. The maximum Gasteiger partial charge on any atom is 0.309 e. The van der Waals surface area contributed by atoms with Crippen LogP contribution >= 0.6 is 0 Å². The molecule has 1 N–H and O–H groups in total. The number of carbonyl (C=O) groups excluding carboxylic acids is 1. The summed E-state index contributed by atoms with van der Waals surface area (Å²) in [6, 6.07) is 1.13. The lowest BCUT2D eigenvalue weighted by atomic mass is 10.3. The Morgan fingerprint density at radius 2 is 2.22 bits per heavy atom. The summed E-state index contributed by atoms with van der Waals surface area (Å²) in [7, 11) is 0. The summed E-state index contributed by atoms with van der Waals surface area (Å²) in [6.45, 7) is 5.47. The first-order valence-electron chi connectivity index (χ1n) is 6.86. The van der Waals surface area contributed by atoms with Crippen LogP contribution in [0.1, 0.15) is 31.3 Å². The third-order valence-electron chi connectivity index (χ3n) is 3.31. The molecule has 2 aromatic heterocycles. The summed E-state index contributed by atoms with van der Waals surface area (Å²) in [5.74, 6) is -0.449. The van der Waals surface area contributed by atoms with Crippen molar-refractivity contribution in [3.63, 3.8) is 0 Å². The molecule has 120 valence electrons. The van der Waals surface area contributed by atoms with Crippen molar-refractivity contribution in [1.29, 1.82) is 5.26 Å². The molecule has 0 bridgehead atoms.